The molecule has 2 rings (SSSR count). The second kappa shape index (κ2) is 7.24. The van der Waals surface area contributed by atoms with E-state index in [1.165, 1.54) is 0 Å². The number of nitriles is 1. The number of nitrogen functional groups attached to an aromatic ring is 1. The lowest BCUT2D eigenvalue weighted by Crippen LogP contribution is -2.14. The van der Waals surface area contributed by atoms with Crippen LogP contribution in [0.15, 0.2) is 30.3 Å². The Labute approximate surface area is 136 Å². The van der Waals surface area contributed by atoms with Crippen molar-refractivity contribution in [3.63, 3.8) is 0 Å². The van der Waals surface area contributed by atoms with E-state index in [1.54, 1.807) is 18.2 Å². The molecule has 0 atom stereocenters. The third kappa shape index (κ3) is 3.96. The zero-order valence-electron chi connectivity index (χ0n) is 12.8. The van der Waals surface area contributed by atoms with Crippen molar-refractivity contribution in [1.29, 1.82) is 5.26 Å². The van der Waals surface area contributed by atoms with Crippen LogP contribution in [0.1, 0.15) is 25.2 Å². The molecule has 4 nitrogen and oxygen atoms in total. The minimum Gasteiger partial charge on any atom is -0.492 e. The number of benzene rings is 1. The van der Waals surface area contributed by atoms with Crippen LogP contribution >= 0.6 is 11.6 Å². The lowest BCUT2D eigenvalue weighted by Gasteiger charge is -2.14. The first-order valence-corrected chi connectivity index (χ1v) is 7.65. The van der Waals surface area contributed by atoms with Crippen LogP contribution in [0.4, 0.5) is 5.69 Å². The summed E-state index contributed by atoms with van der Waals surface area (Å²) in [6, 6.07) is 11.2. The molecule has 0 radical (unpaired) electrons. The van der Waals surface area contributed by atoms with Gasteiger partial charge in [0.15, 0.2) is 0 Å². The first-order chi connectivity index (χ1) is 10.5. The van der Waals surface area contributed by atoms with Gasteiger partial charge in [0.1, 0.15) is 24.1 Å². The van der Waals surface area contributed by atoms with Crippen LogP contribution < -0.4 is 10.5 Å². The van der Waals surface area contributed by atoms with Gasteiger partial charge in [0.25, 0.3) is 0 Å². The molecular formula is C17H20ClN3O. The van der Waals surface area contributed by atoms with Crippen LogP contribution in [0.25, 0.3) is 0 Å². The van der Waals surface area contributed by atoms with Crippen molar-refractivity contribution in [2.24, 2.45) is 5.92 Å². The monoisotopic (exact) mass is 317 g/mol. The maximum Gasteiger partial charge on any atom is 0.122 e. The molecule has 0 bridgehead atoms. The Hall–Kier alpha value is -2.12. The van der Waals surface area contributed by atoms with E-state index in [0.29, 0.717) is 35.5 Å². The maximum atomic E-state index is 9.26. The molecule has 0 aliphatic rings. The second-order valence-electron chi connectivity index (χ2n) is 5.60. The Morgan fingerprint density at radius 3 is 2.59 bits per heavy atom. The van der Waals surface area contributed by atoms with E-state index in [-0.39, 0.29) is 0 Å². The third-order valence-corrected chi connectivity index (χ3v) is 3.61. The predicted octanol–water partition coefficient (Wildman–Crippen LogP) is 3.87. The fourth-order valence-corrected chi connectivity index (χ4v) is 2.48. The molecule has 1 heterocycles. The molecule has 116 valence electrons. The number of halogens is 1. The molecule has 2 aromatic rings. The van der Waals surface area contributed by atoms with Gasteiger partial charge < -0.3 is 15.0 Å². The number of rotatable bonds is 6. The highest BCUT2D eigenvalue weighted by molar-refractivity contribution is 6.30. The number of hydrogen-bond acceptors (Lipinski definition) is 3. The lowest BCUT2D eigenvalue weighted by atomic mass is 10.1. The Morgan fingerprint density at radius 1 is 1.32 bits per heavy atom. The van der Waals surface area contributed by atoms with Gasteiger partial charge in [-0.05, 0) is 42.7 Å². The van der Waals surface area contributed by atoms with Crippen molar-refractivity contribution in [1.82, 2.24) is 4.57 Å². The van der Waals surface area contributed by atoms with Gasteiger partial charge in [-0.15, -0.1) is 0 Å². The quantitative estimate of drug-likeness (QED) is 0.879. The summed E-state index contributed by atoms with van der Waals surface area (Å²) in [4.78, 5) is 0. The van der Waals surface area contributed by atoms with Crippen LogP contribution in [0.2, 0.25) is 5.02 Å². The molecule has 0 amide bonds. The highest BCUT2D eigenvalue weighted by atomic mass is 35.5. The topological polar surface area (TPSA) is 64.0 Å². The molecule has 0 unspecified atom stereocenters. The Kier molecular flexibility index (Phi) is 5.35. The summed E-state index contributed by atoms with van der Waals surface area (Å²) in [7, 11) is 0. The summed E-state index contributed by atoms with van der Waals surface area (Å²) < 4.78 is 7.65. The summed E-state index contributed by atoms with van der Waals surface area (Å²) in [6.45, 7) is 5.32. The van der Waals surface area contributed by atoms with E-state index >= 15 is 0 Å². The van der Waals surface area contributed by atoms with Crippen LogP contribution in [-0.4, -0.2) is 11.2 Å². The normalized spacial score (nSPS) is 10.7. The maximum absolute atomic E-state index is 9.26. The fraction of sp³-hybridized carbons (Fsp3) is 0.353. The Balaban J connectivity index is 2.08. The summed E-state index contributed by atoms with van der Waals surface area (Å²) in [6.07, 6.45) is 0.842. The fourth-order valence-electron chi connectivity index (χ4n) is 2.36. The number of ether oxygens (including phenoxy) is 1. The van der Waals surface area contributed by atoms with Crippen molar-refractivity contribution in [3.8, 4) is 11.8 Å². The van der Waals surface area contributed by atoms with Crippen LogP contribution in [0, 0.1) is 17.2 Å². The molecule has 1 aromatic heterocycles. The average Bonchev–Trinajstić information content (AvgIpc) is 2.77. The summed E-state index contributed by atoms with van der Waals surface area (Å²) in [5.41, 5.74) is 8.30. The average molecular weight is 318 g/mol. The van der Waals surface area contributed by atoms with E-state index in [2.05, 4.69) is 19.9 Å². The van der Waals surface area contributed by atoms with E-state index in [4.69, 9.17) is 22.1 Å². The van der Waals surface area contributed by atoms with Gasteiger partial charge in [-0.2, -0.15) is 5.26 Å². The first-order valence-electron chi connectivity index (χ1n) is 7.27. The highest BCUT2D eigenvalue weighted by Crippen LogP contribution is 2.22. The van der Waals surface area contributed by atoms with Crippen LogP contribution in [0.3, 0.4) is 0 Å². The minimum atomic E-state index is 0.468. The van der Waals surface area contributed by atoms with E-state index in [9.17, 15) is 5.26 Å². The summed E-state index contributed by atoms with van der Waals surface area (Å²) in [5, 5.41) is 9.93. The zero-order chi connectivity index (χ0) is 16.1. The molecule has 1 aromatic carbocycles. The molecule has 2 N–H and O–H groups in total. The van der Waals surface area contributed by atoms with Gasteiger partial charge in [-0.1, -0.05) is 25.4 Å². The number of anilines is 1. The van der Waals surface area contributed by atoms with Crippen molar-refractivity contribution in [2.45, 2.75) is 26.8 Å². The Bertz CT molecular complexity index is 668. The van der Waals surface area contributed by atoms with Crippen LogP contribution in [-0.2, 0) is 13.0 Å². The third-order valence-electron chi connectivity index (χ3n) is 3.36. The molecule has 0 spiro atoms. The highest BCUT2D eigenvalue weighted by Gasteiger charge is 2.14. The molecule has 0 aliphatic carbocycles. The van der Waals surface area contributed by atoms with Gasteiger partial charge in [0.2, 0.25) is 0 Å². The van der Waals surface area contributed by atoms with Crippen LogP contribution in [0.5, 0.6) is 5.75 Å². The largest absolute Gasteiger partial charge is 0.492 e. The van der Waals surface area contributed by atoms with Crippen molar-refractivity contribution < 1.29 is 4.74 Å². The molecule has 22 heavy (non-hydrogen) atoms. The van der Waals surface area contributed by atoms with Crippen molar-refractivity contribution >= 4 is 17.3 Å². The second-order valence-corrected chi connectivity index (χ2v) is 6.03. The summed E-state index contributed by atoms with van der Waals surface area (Å²) >= 11 is 5.84. The van der Waals surface area contributed by atoms with Gasteiger partial charge >= 0.3 is 0 Å². The van der Waals surface area contributed by atoms with Gasteiger partial charge in [-0.3, -0.25) is 0 Å². The van der Waals surface area contributed by atoms with Gasteiger partial charge in [-0.25, -0.2) is 0 Å². The number of nitrogens with zero attached hydrogens (tertiary/aromatic N) is 2. The molecular weight excluding hydrogens is 298 g/mol. The van der Waals surface area contributed by atoms with Gasteiger partial charge in [0, 0.05) is 10.7 Å². The minimum absolute atomic E-state index is 0.468. The molecule has 0 aliphatic heterocycles. The standard InChI is InChI=1S/C17H20ClN3O/c1-12(2)9-17-16(20)10-14(11-19)21(17)7-8-22-15-5-3-13(18)4-6-15/h3-6,10,12H,7-9,20H2,1-2H3. The number of hydrogen-bond donors (Lipinski definition) is 1. The van der Waals surface area contributed by atoms with E-state index in [1.807, 2.05) is 16.7 Å². The van der Waals surface area contributed by atoms with Gasteiger partial charge in [0.05, 0.1) is 12.2 Å². The van der Waals surface area contributed by atoms with Crippen molar-refractivity contribution in [2.75, 3.05) is 12.3 Å². The smallest absolute Gasteiger partial charge is 0.122 e. The molecule has 0 fully saturated rings. The zero-order valence-corrected chi connectivity index (χ0v) is 13.6. The predicted molar refractivity (Wildman–Crippen MR) is 89.0 cm³/mol. The molecule has 5 heteroatoms. The van der Waals surface area contributed by atoms with E-state index < -0.39 is 0 Å². The lowest BCUT2D eigenvalue weighted by molar-refractivity contribution is 0.295. The van der Waals surface area contributed by atoms with E-state index in [0.717, 1.165) is 17.9 Å². The first kappa shape index (κ1) is 16.3. The van der Waals surface area contributed by atoms with Crippen molar-refractivity contribution in [3.05, 3.63) is 46.7 Å². The molecule has 0 saturated heterocycles. The summed E-state index contributed by atoms with van der Waals surface area (Å²) in [5.74, 6) is 1.23. The number of nitrogens with two attached hydrogens (primary N) is 1. The molecule has 0 saturated carbocycles. The Morgan fingerprint density at radius 2 is 2.00 bits per heavy atom. The number of aromatic nitrogens is 1. The SMILES string of the molecule is CC(C)Cc1c(N)cc(C#N)n1CCOc1ccc(Cl)cc1.